The molecular formula is C27H32N2O7. The number of amides is 3. The van der Waals surface area contributed by atoms with Crippen molar-refractivity contribution in [2.75, 3.05) is 18.5 Å². The fraction of sp³-hybridized carbons (Fsp3) is 0.519. The summed E-state index contributed by atoms with van der Waals surface area (Å²) in [6.45, 7) is 7.09. The Morgan fingerprint density at radius 2 is 1.53 bits per heavy atom. The lowest BCUT2D eigenvalue weighted by Gasteiger charge is -2.28. The lowest BCUT2D eigenvalue weighted by atomic mass is 9.85. The summed E-state index contributed by atoms with van der Waals surface area (Å²) in [6, 6.07) is 5.07. The van der Waals surface area contributed by atoms with Gasteiger partial charge in [-0.05, 0) is 54.4 Å². The molecule has 0 aromatic heterocycles. The maximum absolute atomic E-state index is 13.1. The molecule has 9 nitrogen and oxygen atoms in total. The number of allylic oxidation sites excluding steroid dienone is 2. The molecule has 2 bridgehead atoms. The first-order valence-corrected chi connectivity index (χ1v) is 12.4. The molecule has 3 aliphatic rings. The number of ether oxygens (including phenoxy) is 2. The van der Waals surface area contributed by atoms with Crippen molar-refractivity contribution < 1.29 is 33.4 Å². The topological polar surface area (TPSA) is 119 Å². The Labute approximate surface area is 210 Å². The van der Waals surface area contributed by atoms with Gasteiger partial charge in [0.05, 0.1) is 24.0 Å². The molecule has 0 radical (unpaired) electrons. The molecule has 4 rings (SSSR count). The predicted molar refractivity (Wildman–Crippen MR) is 129 cm³/mol. The van der Waals surface area contributed by atoms with Crippen molar-refractivity contribution in [3.05, 3.63) is 42.0 Å². The maximum atomic E-state index is 13.1. The molecule has 0 unspecified atom stereocenters. The van der Waals surface area contributed by atoms with E-state index in [4.69, 9.17) is 9.47 Å². The van der Waals surface area contributed by atoms with Crippen LogP contribution in [0, 0.1) is 35.5 Å². The minimum atomic E-state index is -1.08. The zero-order valence-corrected chi connectivity index (χ0v) is 20.9. The van der Waals surface area contributed by atoms with Crippen LogP contribution in [0.3, 0.4) is 0 Å². The summed E-state index contributed by atoms with van der Waals surface area (Å²) in [7, 11) is 0. The lowest BCUT2D eigenvalue weighted by molar-refractivity contribution is -0.162. The summed E-state index contributed by atoms with van der Waals surface area (Å²) in [5.74, 6) is -3.36. The second-order valence-corrected chi connectivity index (χ2v) is 10.5. The molecule has 2 fully saturated rings. The van der Waals surface area contributed by atoms with Crippen LogP contribution in [0.15, 0.2) is 36.4 Å². The van der Waals surface area contributed by atoms with E-state index in [1.54, 1.807) is 26.0 Å². The SMILES string of the molecule is CC(C)COC(=O)c1ccc(NC(=O)COC(=O)[C@H](C(C)C)N2C(=O)[C@H]3[C@H](C2=O)[C@H]2C=C[C@H]3C2)cc1. The van der Waals surface area contributed by atoms with E-state index >= 15 is 0 Å². The monoisotopic (exact) mass is 496 g/mol. The number of likely N-dealkylation sites (tertiary alicyclic amines) is 1. The number of fused-ring (bicyclic) bond motifs is 5. The summed E-state index contributed by atoms with van der Waals surface area (Å²) >= 11 is 0. The normalized spacial score (nSPS) is 24.9. The number of carbonyl (C=O) groups excluding carboxylic acids is 5. The van der Waals surface area contributed by atoms with Gasteiger partial charge >= 0.3 is 11.9 Å². The van der Waals surface area contributed by atoms with Crippen molar-refractivity contribution >= 4 is 35.3 Å². The van der Waals surface area contributed by atoms with Gasteiger partial charge in [0, 0.05) is 5.69 Å². The van der Waals surface area contributed by atoms with Gasteiger partial charge in [-0.15, -0.1) is 0 Å². The molecule has 0 spiro atoms. The number of nitrogens with one attached hydrogen (secondary N) is 1. The zero-order valence-electron chi connectivity index (χ0n) is 20.9. The van der Waals surface area contributed by atoms with E-state index < -0.39 is 42.3 Å². The van der Waals surface area contributed by atoms with Crippen molar-refractivity contribution in [2.24, 2.45) is 35.5 Å². The number of imide groups is 1. The number of hydrogen-bond acceptors (Lipinski definition) is 7. The first-order valence-electron chi connectivity index (χ1n) is 12.4. The van der Waals surface area contributed by atoms with E-state index in [1.807, 2.05) is 26.0 Å². The second-order valence-electron chi connectivity index (χ2n) is 10.5. The molecule has 5 atom stereocenters. The van der Waals surface area contributed by atoms with Crippen LogP contribution in [0.25, 0.3) is 0 Å². The summed E-state index contributed by atoms with van der Waals surface area (Å²) in [6.07, 6.45) is 4.79. The zero-order chi connectivity index (χ0) is 26.1. The Hall–Kier alpha value is -3.49. The number of nitrogens with zero attached hydrogens (tertiary/aromatic N) is 1. The van der Waals surface area contributed by atoms with E-state index in [9.17, 15) is 24.0 Å². The molecule has 1 N–H and O–H groups in total. The Balaban J connectivity index is 1.32. The molecule has 1 aliphatic heterocycles. The Morgan fingerprint density at radius 1 is 0.944 bits per heavy atom. The minimum Gasteiger partial charge on any atom is -0.462 e. The van der Waals surface area contributed by atoms with Crippen LogP contribution in [-0.2, 0) is 28.7 Å². The van der Waals surface area contributed by atoms with Gasteiger partial charge in [-0.1, -0.05) is 39.8 Å². The number of hydrogen-bond donors (Lipinski definition) is 1. The second kappa shape index (κ2) is 10.2. The van der Waals surface area contributed by atoms with Gasteiger partial charge in [0.25, 0.3) is 5.91 Å². The third kappa shape index (κ3) is 4.92. The lowest BCUT2D eigenvalue weighted by Crippen LogP contribution is -2.50. The van der Waals surface area contributed by atoms with Gasteiger partial charge in [0.2, 0.25) is 11.8 Å². The third-order valence-corrected chi connectivity index (χ3v) is 6.95. The Bertz CT molecular complexity index is 1060. The van der Waals surface area contributed by atoms with Crippen LogP contribution in [0.5, 0.6) is 0 Å². The molecule has 9 heteroatoms. The average molecular weight is 497 g/mol. The quantitative estimate of drug-likeness (QED) is 0.317. The van der Waals surface area contributed by atoms with Gasteiger partial charge in [0.15, 0.2) is 6.61 Å². The molecule has 36 heavy (non-hydrogen) atoms. The standard InChI is InChI=1S/C27H32N2O7/c1-14(2)12-35-26(33)16-7-9-19(10-8-16)28-20(30)13-36-27(34)23(15(3)4)29-24(31)21-17-5-6-18(11-17)22(21)25(29)32/h5-10,14-15,17-18,21-23H,11-13H2,1-4H3,(H,28,30)/t17-,18-,21+,22+,23-/m0/s1. The van der Waals surface area contributed by atoms with Crippen LogP contribution >= 0.6 is 0 Å². The number of carbonyl (C=O) groups is 5. The number of anilines is 1. The summed E-state index contributed by atoms with van der Waals surface area (Å²) < 4.78 is 10.4. The molecule has 2 aliphatic carbocycles. The Kier molecular flexibility index (Phi) is 7.28. The third-order valence-electron chi connectivity index (χ3n) is 6.95. The first kappa shape index (κ1) is 25.6. The van der Waals surface area contributed by atoms with Gasteiger partial charge < -0.3 is 14.8 Å². The fourth-order valence-corrected chi connectivity index (χ4v) is 5.31. The highest BCUT2D eigenvalue weighted by molar-refractivity contribution is 6.09. The predicted octanol–water partition coefficient (Wildman–Crippen LogP) is 2.81. The van der Waals surface area contributed by atoms with Crippen LogP contribution in [-0.4, -0.2) is 53.8 Å². The van der Waals surface area contributed by atoms with E-state index in [0.717, 1.165) is 11.3 Å². The molecule has 3 amide bonds. The van der Waals surface area contributed by atoms with Crippen LogP contribution in [0.4, 0.5) is 5.69 Å². The smallest absolute Gasteiger partial charge is 0.338 e. The molecular weight excluding hydrogens is 464 g/mol. The number of esters is 2. The van der Waals surface area contributed by atoms with Gasteiger partial charge in [-0.3, -0.25) is 19.3 Å². The van der Waals surface area contributed by atoms with E-state index in [-0.39, 0.29) is 35.5 Å². The summed E-state index contributed by atoms with van der Waals surface area (Å²) in [4.78, 5) is 64.6. The summed E-state index contributed by atoms with van der Waals surface area (Å²) in [5.41, 5.74) is 0.769. The van der Waals surface area contributed by atoms with Crippen LogP contribution in [0.1, 0.15) is 44.5 Å². The highest BCUT2D eigenvalue weighted by Gasteiger charge is 2.61. The maximum Gasteiger partial charge on any atom is 0.338 e. The molecule has 1 aromatic rings. The largest absolute Gasteiger partial charge is 0.462 e. The highest BCUT2D eigenvalue weighted by Crippen LogP contribution is 2.53. The molecule has 192 valence electrons. The van der Waals surface area contributed by atoms with E-state index in [1.165, 1.54) is 12.1 Å². The molecule has 1 saturated carbocycles. The van der Waals surface area contributed by atoms with Crippen LogP contribution < -0.4 is 5.32 Å². The molecule has 1 saturated heterocycles. The van der Waals surface area contributed by atoms with Crippen LogP contribution in [0.2, 0.25) is 0 Å². The summed E-state index contributed by atoms with van der Waals surface area (Å²) in [5, 5.41) is 2.60. The van der Waals surface area contributed by atoms with Gasteiger partial charge in [-0.2, -0.15) is 0 Å². The molecule has 1 aromatic carbocycles. The van der Waals surface area contributed by atoms with Gasteiger partial charge in [-0.25, -0.2) is 9.59 Å². The number of rotatable bonds is 9. The first-order chi connectivity index (χ1) is 17.1. The minimum absolute atomic E-state index is 0.0412. The van der Waals surface area contributed by atoms with Crippen molar-refractivity contribution in [3.63, 3.8) is 0 Å². The Morgan fingerprint density at radius 3 is 2.06 bits per heavy atom. The van der Waals surface area contributed by atoms with Crippen molar-refractivity contribution in [1.82, 2.24) is 4.90 Å². The average Bonchev–Trinajstić information content (AvgIpc) is 3.51. The van der Waals surface area contributed by atoms with Gasteiger partial charge in [0.1, 0.15) is 6.04 Å². The van der Waals surface area contributed by atoms with E-state index in [0.29, 0.717) is 17.9 Å². The highest BCUT2D eigenvalue weighted by atomic mass is 16.5. The van der Waals surface area contributed by atoms with Crippen molar-refractivity contribution in [2.45, 2.75) is 40.2 Å². The van der Waals surface area contributed by atoms with Crippen molar-refractivity contribution in [3.8, 4) is 0 Å². The van der Waals surface area contributed by atoms with Crippen molar-refractivity contribution in [1.29, 1.82) is 0 Å². The fourth-order valence-electron chi connectivity index (χ4n) is 5.31. The van der Waals surface area contributed by atoms with E-state index in [2.05, 4.69) is 5.32 Å². The molecule has 1 heterocycles. The number of benzene rings is 1.